The summed E-state index contributed by atoms with van der Waals surface area (Å²) in [6, 6.07) is 10.6. The molecule has 0 unspecified atom stereocenters. The predicted molar refractivity (Wildman–Crippen MR) is 133 cm³/mol. The van der Waals surface area contributed by atoms with Gasteiger partial charge in [0.05, 0.1) is 6.26 Å². The highest BCUT2D eigenvalue weighted by molar-refractivity contribution is 8.02. The fraction of sp³-hybridized carbons (Fsp3) is 0.640. The average Bonchev–Trinajstić information content (AvgIpc) is 3.05. The number of carbonyl (C=O) groups excluding carboxylic acids is 1. The van der Waals surface area contributed by atoms with Crippen molar-refractivity contribution in [3.8, 4) is 0 Å². The molecular formula is C25H41NO2SSi. The Labute approximate surface area is 189 Å². The molecular weight excluding hydrogens is 406 g/mol. The molecule has 0 spiro atoms. The molecule has 0 aromatic heterocycles. The second kappa shape index (κ2) is 10.9. The molecule has 2 rings (SSSR count). The molecule has 1 aliphatic heterocycles. The third-order valence-electron chi connectivity index (χ3n) is 6.92. The summed E-state index contributed by atoms with van der Waals surface area (Å²) in [5.41, 5.74) is 2.85. The molecule has 1 aliphatic rings. The third kappa shape index (κ3) is 5.34. The normalized spacial score (nSPS) is 19.3. The molecule has 0 N–H and O–H groups in total. The molecule has 1 aromatic rings. The van der Waals surface area contributed by atoms with Crippen LogP contribution in [-0.4, -0.2) is 31.4 Å². The van der Waals surface area contributed by atoms with Gasteiger partial charge in [0.1, 0.15) is 0 Å². The van der Waals surface area contributed by atoms with Crippen LogP contribution in [0.4, 0.5) is 0 Å². The summed E-state index contributed by atoms with van der Waals surface area (Å²) < 4.78 is 6.78. The van der Waals surface area contributed by atoms with Gasteiger partial charge in [-0.15, -0.1) is 11.8 Å². The lowest BCUT2D eigenvalue weighted by molar-refractivity contribution is -0.129. The van der Waals surface area contributed by atoms with E-state index in [0.717, 1.165) is 6.42 Å². The number of thioether (sulfide) groups is 1. The van der Waals surface area contributed by atoms with Crippen molar-refractivity contribution in [2.75, 3.05) is 6.26 Å². The maximum atomic E-state index is 12.7. The first kappa shape index (κ1) is 25.1. The highest BCUT2D eigenvalue weighted by Gasteiger charge is 2.46. The lowest BCUT2D eigenvalue weighted by Crippen LogP contribution is -2.46. The molecule has 0 aliphatic carbocycles. The van der Waals surface area contributed by atoms with Gasteiger partial charge in [-0.2, -0.15) is 0 Å². The molecule has 168 valence electrons. The van der Waals surface area contributed by atoms with E-state index in [0.29, 0.717) is 29.6 Å². The van der Waals surface area contributed by atoms with Crippen LogP contribution in [0.1, 0.15) is 66.9 Å². The molecule has 1 amide bonds. The molecule has 30 heavy (non-hydrogen) atoms. The van der Waals surface area contributed by atoms with Crippen molar-refractivity contribution in [1.29, 1.82) is 0 Å². The zero-order valence-electron chi connectivity index (χ0n) is 20.1. The molecule has 2 atom stereocenters. The first-order chi connectivity index (χ1) is 14.1. The molecule has 0 bridgehead atoms. The van der Waals surface area contributed by atoms with Crippen LogP contribution >= 0.6 is 11.8 Å². The molecule has 1 saturated heterocycles. The summed E-state index contributed by atoms with van der Waals surface area (Å²) in [4.78, 5) is 16.0. The van der Waals surface area contributed by atoms with Crippen LogP contribution in [0.25, 0.3) is 0 Å². The molecule has 1 heterocycles. The SMILES string of the molecule is CS/C(=C\O[Si](C(C)C)(C(C)C)C(C)C)[C@@H](C)[C@@H]1CCC(=O)N1Cc1ccccc1. The lowest BCUT2D eigenvalue weighted by atomic mass is 9.99. The van der Waals surface area contributed by atoms with Crippen molar-refractivity contribution in [1.82, 2.24) is 4.90 Å². The summed E-state index contributed by atoms with van der Waals surface area (Å²) in [5, 5.41) is 0. The van der Waals surface area contributed by atoms with Gasteiger partial charge in [0.25, 0.3) is 8.32 Å². The molecule has 0 radical (unpaired) electrons. The molecule has 1 fully saturated rings. The number of nitrogens with zero attached hydrogens (tertiary/aromatic N) is 1. The van der Waals surface area contributed by atoms with E-state index in [1.165, 1.54) is 10.5 Å². The second-order valence-corrected chi connectivity index (χ2v) is 15.8. The van der Waals surface area contributed by atoms with E-state index in [9.17, 15) is 4.79 Å². The minimum atomic E-state index is -1.95. The van der Waals surface area contributed by atoms with Gasteiger partial charge in [-0.25, -0.2) is 0 Å². The summed E-state index contributed by atoms with van der Waals surface area (Å²) in [6.07, 6.45) is 5.78. The summed E-state index contributed by atoms with van der Waals surface area (Å²) in [7, 11) is -1.95. The monoisotopic (exact) mass is 447 g/mol. The highest BCUT2D eigenvalue weighted by atomic mass is 32.2. The Morgan fingerprint density at radius 3 is 2.17 bits per heavy atom. The topological polar surface area (TPSA) is 29.5 Å². The Bertz CT molecular complexity index is 695. The van der Waals surface area contributed by atoms with Crippen LogP contribution in [0.15, 0.2) is 41.5 Å². The molecule has 0 saturated carbocycles. The van der Waals surface area contributed by atoms with Crippen LogP contribution < -0.4 is 0 Å². The minimum Gasteiger partial charge on any atom is -0.547 e. The molecule has 3 nitrogen and oxygen atoms in total. The zero-order chi connectivity index (χ0) is 22.5. The quantitative estimate of drug-likeness (QED) is 0.280. The van der Waals surface area contributed by atoms with Crippen molar-refractivity contribution in [2.24, 2.45) is 5.92 Å². The van der Waals surface area contributed by atoms with Crippen molar-refractivity contribution in [3.63, 3.8) is 0 Å². The fourth-order valence-electron chi connectivity index (χ4n) is 5.36. The van der Waals surface area contributed by atoms with E-state index in [1.54, 1.807) is 11.8 Å². The number of benzene rings is 1. The van der Waals surface area contributed by atoms with Crippen LogP contribution in [0, 0.1) is 5.92 Å². The third-order valence-corrected chi connectivity index (χ3v) is 13.8. The second-order valence-electron chi connectivity index (χ2n) is 9.56. The van der Waals surface area contributed by atoms with Gasteiger partial charge in [-0.3, -0.25) is 4.79 Å². The Hall–Kier alpha value is -1.20. The van der Waals surface area contributed by atoms with E-state index in [-0.39, 0.29) is 17.9 Å². The van der Waals surface area contributed by atoms with E-state index in [1.807, 2.05) is 18.2 Å². The van der Waals surface area contributed by atoms with Crippen LogP contribution in [0.3, 0.4) is 0 Å². The van der Waals surface area contributed by atoms with E-state index < -0.39 is 8.32 Å². The van der Waals surface area contributed by atoms with Crippen molar-refractivity contribution >= 4 is 26.0 Å². The average molecular weight is 448 g/mol. The van der Waals surface area contributed by atoms with Crippen molar-refractivity contribution in [2.45, 2.75) is 90.5 Å². The minimum absolute atomic E-state index is 0.230. The smallest absolute Gasteiger partial charge is 0.258 e. The maximum absolute atomic E-state index is 12.7. The van der Waals surface area contributed by atoms with Crippen molar-refractivity contribution in [3.05, 3.63) is 47.1 Å². The fourth-order valence-corrected chi connectivity index (χ4v) is 11.3. The Morgan fingerprint density at radius 1 is 1.10 bits per heavy atom. The molecule has 1 aromatic carbocycles. The summed E-state index contributed by atoms with van der Waals surface area (Å²) >= 11 is 1.77. The summed E-state index contributed by atoms with van der Waals surface area (Å²) in [5.74, 6) is 0.542. The van der Waals surface area contributed by atoms with Gasteiger partial charge in [0, 0.05) is 29.8 Å². The van der Waals surface area contributed by atoms with Gasteiger partial charge in [0.2, 0.25) is 5.91 Å². The van der Waals surface area contributed by atoms with Crippen LogP contribution in [-0.2, 0) is 15.8 Å². The van der Waals surface area contributed by atoms with E-state index in [2.05, 4.69) is 78.0 Å². The Kier molecular flexibility index (Phi) is 9.10. The first-order valence-electron chi connectivity index (χ1n) is 11.4. The van der Waals surface area contributed by atoms with Gasteiger partial charge in [0.15, 0.2) is 0 Å². The van der Waals surface area contributed by atoms with E-state index in [4.69, 9.17) is 4.43 Å². The number of hydrogen-bond acceptors (Lipinski definition) is 3. The van der Waals surface area contributed by atoms with E-state index >= 15 is 0 Å². The summed E-state index contributed by atoms with van der Waals surface area (Å²) in [6.45, 7) is 16.9. The lowest BCUT2D eigenvalue weighted by Gasteiger charge is -2.41. The Morgan fingerprint density at radius 2 is 1.67 bits per heavy atom. The number of amides is 1. The van der Waals surface area contributed by atoms with Gasteiger partial charge >= 0.3 is 0 Å². The highest BCUT2D eigenvalue weighted by Crippen LogP contribution is 2.43. The predicted octanol–water partition coefficient (Wildman–Crippen LogP) is 7.21. The van der Waals surface area contributed by atoms with Gasteiger partial charge in [-0.1, -0.05) is 78.8 Å². The number of rotatable bonds is 10. The largest absolute Gasteiger partial charge is 0.547 e. The zero-order valence-corrected chi connectivity index (χ0v) is 22.0. The maximum Gasteiger partial charge on any atom is 0.258 e. The van der Waals surface area contributed by atoms with Crippen LogP contribution in [0.5, 0.6) is 0 Å². The molecule has 5 heteroatoms. The standard InChI is InChI=1S/C25H41NO2SSi/c1-18(2)30(19(3)4,20(5)6)28-17-24(29-8)21(7)23-14-15-25(27)26(23)16-22-12-10-9-11-13-22/h9-13,17-21,23H,14-16H2,1-8H3/b24-17-/t21-,23-/m0/s1. The Balaban J connectivity index is 2.24. The van der Waals surface area contributed by atoms with Crippen molar-refractivity contribution < 1.29 is 9.22 Å². The number of likely N-dealkylation sites (tertiary alicyclic amines) is 1. The van der Waals surface area contributed by atoms with Gasteiger partial charge in [-0.05, 0) is 34.9 Å². The van der Waals surface area contributed by atoms with Gasteiger partial charge < -0.3 is 9.33 Å². The number of carbonyl (C=O) groups is 1. The first-order valence-corrected chi connectivity index (χ1v) is 14.8. The van der Waals surface area contributed by atoms with Crippen LogP contribution in [0.2, 0.25) is 16.6 Å². The number of hydrogen-bond donors (Lipinski definition) is 0.